The minimum absolute atomic E-state index is 0.300. The largest absolute Gasteiger partial charge is 0.573 e. The molecule has 3 aromatic heterocycles. The molecule has 166 valence electrons. The van der Waals surface area contributed by atoms with Crippen LogP contribution in [0.15, 0.2) is 47.7 Å². The first kappa shape index (κ1) is 20.7. The molecule has 4 aromatic rings. The molecular formula is C22H19F3N4O2S. The molecule has 1 saturated carbocycles. The van der Waals surface area contributed by atoms with E-state index in [9.17, 15) is 18.0 Å². The molecule has 0 spiro atoms. The van der Waals surface area contributed by atoms with E-state index in [1.165, 1.54) is 53.6 Å². The molecule has 10 heteroatoms. The molecule has 1 aliphatic carbocycles. The molecule has 1 aromatic carbocycles. The molecule has 5 rings (SSSR count). The van der Waals surface area contributed by atoms with Gasteiger partial charge in [0.15, 0.2) is 0 Å². The van der Waals surface area contributed by atoms with Crippen molar-refractivity contribution in [2.45, 2.75) is 44.5 Å². The van der Waals surface area contributed by atoms with Crippen LogP contribution >= 0.6 is 11.3 Å². The van der Waals surface area contributed by atoms with Crippen molar-refractivity contribution in [2.24, 2.45) is 0 Å². The van der Waals surface area contributed by atoms with Crippen LogP contribution in [0, 0.1) is 0 Å². The van der Waals surface area contributed by atoms with Gasteiger partial charge in [-0.15, -0.1) is 24.5 Å². The number of thiophene rings is 1. The van der Waals surface area contributed by atoms with Crippen LogP contribution in [0.3, 0.4) is 0 Å². The fourth-order valence-electron chi connectivity index (χ4n) is 4.13. The second-order valence-corrected chi connectivity index (χ2v) is 8.76. The van der Waals surface area contributed by atoms with E-state index in [0.29, 0.717) is 21.9 Å². The zero-order valence-corrected chi connectivity index (χ0v) is 17.7. The van der Waals surface area contributed by atoms with E-state index < -0.39 is 6.36 Å². The van der Waals surface area contributed by atoms with Crippen molar-refractivity contribution in [3.8, 4) is 11.4 Å². The van der Waals surface area contributed by atoms with Gasteiger partial charge in [-0.25, -0.2) is 9.97 Å². The Morgan fingerprint density at radius 3 is 2.53 bits per heavy atom. The lowest BCUT2D eigenvalue weighted by Crippen LogP contribution is -2.22. The van der Waals surface area contributed by atoms with Gasteiger partial charge < -0.3 is 10.1 Å². The summed E-state index contributed by atoms with van der Waals surface area (Å²) in [6.45, 7) is 0. The molecule has 0 saturated heterocycles. The molecule has 32 heavy (non-hydrogen) atoms. The van der Waals surface area contributed by atoms with Crippen molar-refractivity contribution in [1.29, 1.82) is 0 Å². The molecule has 0 atom stereocenters. The van der Waals surface area contributed by atoms with E-state index >= 15 is 0 Å². The number of hydrogen-bond donors (Lipinski definition) is 1. The smallest absolute Gasteiger partial charge is 0.406 e. The minimum Gasteiger partial charge on any atom is -0.406 e. The van der Waals surface area contributed by atoms with Gasteiger partial charge in [-0.2, -0.15) is 0 Å². The SMILES string of the molecule is O=c1c2sc3nccc(NC4CCCCC4)c3c2ncn1-c1ccc(OC(F)(F)F)cc1. The minimum atomic E-state index is -4.77. The Hall–Kier alpha value is -3.14. The van der Waals surface area contributed by atoms with Crippen molar-refractivity contribution in [1.82, 2.24) is 14.5 Å². The van der Waals surface area contributed by atoms with Crippen LogP contribution in [0.25, 0.3) is 26.1 Å². The van der Waals surface area contributed by atoms with Gasteiger partial charge in [-0.05, 0) is 43.2 Å². The molecule has 1 fully saturated rings. The summed E-state index contributed by atoms with van der Waals surface area (Å²) >= 11 is 1.26. The quantitative estimate of drug-likeness (QED) is 0.427. The summed E-state index contributed by atoms with van der Waals surface area (Å²) in [7, 11) is 0. The van der Waals surface area contributed by atoms with Gasteiger partial charge in [0.25, 0.3) is 5.56 Å². The molecule has 3 heterocycles. The Bertz CT molecular complexity index is 1330. The summed E-state index contributed by atoms with van der Waals surface area (Å²) in [6, 6.07) is 7.41. The number of aromatic nitrogens is 3. The highest BCUT2D eigenvalue weighted by molar-refractivity contribution is 7.25. The summed E-state index contributed by atoms with van der Waals surface area (Å²) in [5.41, 5.74) is 1.59. The number of rotatable bonds is 4. The molecule has 0 bridgehead atoms. The normalized spacial score (nSPS) is 15.3. The van der Waals surface area contributed by atoms with Crippen LogP contribution in [0.1, 0.15) is 32.1 Å². The van der Waals surface area contributed by atoms with Crippen LogP contribution < -0.4 is 15.6 Å². The zero-order chi connectivity index (χ0) is 22.3. The number of alkyl halides is 3. The zero-order valence-electron chi connectivity index (χ0n) is 16.9. The van der Waals surface area contributed by atoms with Gasteiger partial charge in [0.1, 0.15) is 21.6 Å². The van der Waals surface area contributed by atoms with Gasteiger partial charge in [0.2, 0.25) is 0 Å². The number of halogens is 3. The van der Waals surface area contributed by atoms with E-state index in [0.717, 1.165) is 40.9 Å². The fourth-order valence-corrected chi connectivity index (χ4v) is 5.18. The van der Waals surface area contributed by atoms with Crippen LogP contribution in [-0.4, -0.2) is 26.9 Å². The maximum absolute atomic E-state index is 13.2. The fraction of sp³-hybridized carbons (Fsp3) is 0.318. The van der Waals surface area contributed by atoms with Crippen molar-refractivity contribution in [2.75, 3.05) is 5.32 Å². The third kappa shape index (κ3) is 4.02. The monoisotopic (exact) mass is 460 g/mol. The van der Waals surface area contributed by atoms with Crippen molar-refractivity contribution < 1.29 is 17.9 Å². The van der Waals surface area contributed by atoms with E-state index in [1.54, 1.807) is 6.20 Å². The lowest BCUT2D eigenvalue weighted by molar-refractivity contribution is -0.274. The van der Waals surface area contributed by atoms with Gasteiger partial charge in [0, 0.05) is 17.9 Å². The van der Waals surface area contributed by atoms with Crippen molar-refractivity contribution >= 4 is 37.5 Å². The predicted octanol–water partition coefficient (Wildman–Crippen LogP) is 5.64. The molecule has 0 unspecified atom stereocenters. The molecule has 1 N–H and O–H groups in total. The number of anilines is 1. The lowest BCUT2D eigenvalue weighted by Gasteiger charge is -2.24. The van der Waals surface area contributed by atoms with Gasteiger partial charge in [-0.3, -0.25) is 9.36 Å². The maximum atomic E-state index is 13.2. The number of benzene rings is 1. The van der Waals surface area contributed by atoms with E-state index in [2.05, 4.69) is 20.0 Å². The number of nitrogens with one attached hydrogen (secondary N) is 1. The summed E-state index contributed by atoms with van der Waals surface area (Å²) in [5.74, 6) is -0.354. The second kappa shape index (κ2) is 8.09. The number of ether oxygens (including phenoxy) is 1. The number of pyridine rings is 1. The standard InChI is InChI=1S/C22H19F3N4O2S/c23-22(24,25)31-15-8-6-14(7-9-15)29-12-27-18-17-16(28-13-4-2-1-3-5-13)10-11-26-20(17)32-19(18)21(29)30/h6-13H,1-5H2,(H,26,28). The first-order valence-electron chi connectivity index (χ1n) is 10.3. The third-order valence-electron chi connectivity index (χ3n) is 5.60. The first-order valence-corrected chi connectivity index (χ1v) is 11.1. The molecule has 1 aliphatic rings. The summed E-state index contributed by atoms with van der Waals surface area (Å²) in [5, 5.41) is 4.43. The molecule has 6 nitrogen and oxygen atoms in total. The van der Waals surface area contributed by atoms with Crippen LogP contribution in [0.5, 0.6) is 5.75 Å². The van der Waals surface area contributed by atoms with Gasteiger partial charge in [-0.1, -0.05) is 19.3 Å². The van der Waals surface area contributed by atoms with E-state index in [-0.39, 0.29) is 11.3 Å². The molecule has 0 amide bonds. The maximum Gasteiger partial charge on any atom is 0.573 e. The second-order valence-electron chi connectivity index (χ2n) is 7.76. The Morgan fingerprint density at radius 2 is 1.81 bits per heavy atom. The summed E-state index contributed by atoms with van der Waals surface area (Å²) in [4.78, 5) is 22.9. The topological polar surface area (TPSA) is 69.0 Å². The molecule has 0 aliphatic heterocycles. The highest BCUT2D eigenvalue weighted by atomic mass is 32.1. The van der Waals surface area contributed by atoms with Crippen molar-refractivity contribution in [3.05, 3.63) is 53.2 Å². The third-order valence-corrected chi connectivity index (χ3v) is 6.67. The highest BCUT2D eigenvalue weighted by Crippen LogP contribution is 2.35. The van der Waals surface area contributed by atoms with Crippen LogP contribution in [0.4, 0.5) is 18.9 Å². The van der Waals surface area contributed by atoms with Crippen LogP contribution in [-0.2, 0) is 0 Å². The number of hydrogen-bond acceptors (Lipinski definition) is 6. The Kier molecular flexibility index (Phi) is 5.24. The van der Waals surface area contributed by atoms with Crippen molar-refractivity contribution in [3.63, 3.8) is 0 Å². The van der Waals surface area contributed by atoms with Crippen LogP contribution in [0.2, 0.25) is 0 Å². The molecule has 0 radical (unpaired) electrons. The first-order chi connectivity index (χ1) is 15.4. The number of fused-ring (bicyclic) bond motifs is 3. The summed E-state index contributed by atoms with van der Waals surface area (Å²) in [6.07, 6.45) is 4.23. The molecular weight excluding hydrogens is 441 g/mol. The average molecular weight is 460 g/mol. The Morgan fingerprint density at radius 1 is 1.06 bits per heavy atom. The Labute approximate surface area is 184 Å². The van der Waals surface area contributed by atoms with E-state index in [4.69, 9.17) is 0 Å². The van der Waals surface area contributed by atoms with E-state index in [1.807, 2.05) is 6.07 Å². The van der Waals surface area contributed by atoms with Gasteiger partial charge >= 0.3 is 6.36 Å². The highest BCUT2D eigenvalue weighted by Gasteiger charge is 2.31. The summed E-state index contributed by atoms with van der Waals surface area (Å²) < 4.78 is 42.8. The van der Waals surface area contributed by atoms with Gasteiger partial charge in [0.05, 0.1) is 16.6 Å². The predicted molar refractivity (Wildman–Crippen MR) is 118 cm³/mol. The number of nitrogens with zero attached hydrogens (tertiary/aromatic N) is 3. The lowest BCUT2D eigenvalue weighted by atomic mass is 9.95. The Balaban J connectivity index is 1.53. The average Bonchev–Trinajstić information content (AvgIpc) is 3.15.